The molecule has 6 atom stereocenters. The van der Waals surface area contributed by atoms with Crippen LogP contribution in [0.1, 0.15) is 120 Å². The monoisotopic (exact) mass is 947 g/mol. The second kappa shape index (κ2) is 19.0. The minimum absolute atomic E-state index is 0.0527. The van der Waals surface area contributed by atoms with E-state index in [9.17, 15) is 25.5 Å². The number of rotatable bonds is 4. The lowest BCUT2D eigenvalue weighted by Gasteiger charge is -2.40. The van der Waals surface area contributed by atoms with Crippen LogP contribution < -0.4 is 34.9 Å². The SMILES string of the molecule is COc1cc2c(cc1OC)[C@@H]1c3cc(C)c(O)cc3CN[C@H]1CC2.COc1cc2c(cc1OC)[C@H]1c3cc(C)c(O)cc3CN[C@@H]1CC2.Cc1cc2c(cc1O)CN[C@@H]1CCc3cc(O)c(O)cc3[C@@H]21. The van der Waals surface area contributed by atoms with Gasteiger partial charge in [0.15, 0.2) is 34.5 Å². The fourth-order valence-electron chi connectivity index (χ4n) is 12.3. The maximum Gasteiger partial charge on any atom is 0.161 e. The Balaban J connectivity index is 0.000000122. The Labute approximate surface area is 410 Å². The van der Waals surface area contributed by atoms with Gasteiger partial charge >= 0.3 is 0 Å². The van der Waals surface area contributed by atoms with Gasteiger partial charge in [0.2, 0.25) is 0 Å². The molecule has 0 unspecified atom stereocenters. The van der Waals surface area contributed by atoms with Crippen molar-refractivity contribution in [2.45, 2.75) is 115 Å². The van der Waals surface area contributed by atoms with Gasteiger partial charge in [-0.25, -0.2) is 0 Å². The molecule has 6 aromatic carbocycles. The smallest absolute Gasteiger partial charge is 0.161 e. The average molecular weight is 948 g/mol. The number of ether oxygens (including phenoxy) is 4. The fourth-order valence-corrected chi connectivity index (χ4v) is 12.3. The highest BCUT2D eigenvalue weighted by atomic mass is 16.5. The normalized spacial score (nSPS) is 21.8. The van der Waals surface area contributed by atoms with Gasteiger partial charge < -0.3 is 60.4 Å². The standard InChI is InChI=1S/2C20H23NO3.C18H19NO3/c2*1-11-6-14-13(7-17(11)22)10-21-16-5-4-12-8-18(23-2)19(24-3)9-15(12)20(14)16;1-9-4-12-11(6-15(9)20)8-19-14-3-2-10-5-16(21)17(22)7-13(10)18(12)14/h2*6-9,16,20-22H,4-5,10H2,1-3H3;4-7,14,18-22H,2-3,8H2,1H3/t2*16-,20-;14-,18-/m101/s1. The van der Waals surface area contributed by atoms with Crippen molar-refractivity contribution in [1.82, 2.24) is 16.0 Å². The number of nitrogens with one attached hydrogen (secondary N) is 3. The molecule has 0 spiro atoms. The van der Waals surface area contributed by atoms with Crippen molar-refractivity contribution in [1.29, 1.82) is 0 Å². The van der Waals surface area contributed by atoms with Crippen molar-refractivity contribution in [3.8, 4) is 51.7 Å². The molecule has 0 saturated carbocycles. The summed E-state index contributed by atoms with van der Waals surface area (Å²) < 4.78 is 22.0. The molecule has 3 heterocycles. The quantitative estimate of drug-likeness (QED) is 0.0789. The van der Waals surface area contributed by atoms with Crippen molar-refractivity contribution in [3.63, 3.8) is 0 Å². The summed E-state index contributed by atoms with van der Waals surface area (Å²) in [5, 5.41) is 60.5. The largest absolute Gasteiger partial charge is 0.508 e. The Hall–Kier alpha value is -6.60. The van der Waals surface area contributed by atoms with Crippen LogP contribution in [0.2, 0.25) is 0 Å². The van der Waals surface area contributed by atoms with Crippen LogP contribution in [0.5, 0.6) is 51.7 Å². The minimum atomic E-state index is -0.0676. The van der Waals surface area contributed by atoms with E-state index in [1.54, 1.807) is 40.6 Å². The van der Waals surface area contributed by atoms with Crippen LogP contribution in [0.3, 0.4) is 0 Å². The second-order valence-electron chi connectivity index (χ2n) is 19.9. The van der Waals surface area contributed by atoms with Gasteiger partial charge in [-0.05, 0) is 197 Å². The molecule has 0 aromatic heterocycles. The molecule has 12 heteroatoms. The van der Waals surface area contributed by atoms with Crippen LogP contribution in [0.4, 0.5) is 0 Å². The highest BCUT2D eigenvalue weighted by Gasteiger charge is 2.39. The van der Waals surface area contributed by atoms with E-state index < -0.39 is 0 Å². The van der Waals surface area contributed by atoms with E-state index in [4.69, 9.17) is 18.9 Å². The summed E-state index contributed by atoms with van der Waals surface area (Å²) in [6, 6.07) is 25.0. The third-order valence-electron chi connectivity index (χ3n) is 16.0. The molecule has 12 rings (SSSR count). The number of aryl methyl sites for hydroxylation is 6. The van der Waals surface area contributed by atoms with Crippen LogP contribution in [0, 0.1) is 20.8 Å². The van der Waals surface area contributed by atoms with Crippen molar-refractivity contribution in [3.05, 3.63) is 156 Å². The predicted octanol–water partition coefficient (Wildman–Crippen LogP) is 9.20. The summed E-state index contributed by atoms with van der Waals surface area (Å²) in [7, 11) is 6.72. The molecule has 8 N–H and O–H groups in total. The number of benzene rings is 6. The van der Waals surface area contributed by atoms with E-state index in [2.05, 4.69) is 58.4 Å². The lowest BCUT2D eigenvalue weighted by atomic mass is 9.72. The Morgan fingerprint density at radius 2 is 0.614 bits per heavy atom. The summed E-state index contributed by atoms with van der Waals surface area (Å²) in [6.07, 6.45) is 6.18. The molecule has 0 amide bonds. The molecular weight excluding hydrogens is 883 g/mol. The number of phenols is 5. The summed E-state index contributed by atoms with van der Waals surface area (Å²) >= 11 is 0. The summed E-state index contributed by atoms with van der Waals surface area (Å²) in [6.45, 7) is 8.21. The number of phenolic OH excluding ortho intramolecular Hbond substituents is 5. The first-order valence-corrected chi connectivity index (χ1v) is 24.5. The minimum Gasteiger partial charge on any atom is -0.508 e. The predicted molar refractivity (Wildman–Crippen MR) is 270 cm³/mol. The maximum atomic E-state index is 10.1. The van der Waals surface area contributed by atoms with Crippen molar-refractivity contribution in [2.75, 3.05) is 28.4 Å². The Kier molecular flexibility index (Phi) is 12.8. The number of hydrogen-bond donors (Lipinski definition) is 8. The van der Waals surface area contributed by atoms with Gasteiger partial charge in [-0.15, -0.1) is 0 Å². The molecule has 366 valence electrons. The van der Waals surface area contributed by atoms with Gasteiger partial charge in [0, 0.05) is 55.5 Å². The Morgan fingerprint density at radius 3 is 0.957 bits per heavy atom. The van der Waals surface area contributed by atoms with E-state index in [0.29, 0.717) is 35.4 Å². The molecule has 3 aliphatic carbocycles. The topological polar surface area (TPSA) is 174 Å². The molecule has 0 fully saturated rings. The van der Waals surface area contributed by atoms with Gasteiger partial charge in [-0.2, -0.15) is 0 Å². The first kappa shape index (κ1) is 47.1. The van der Waals surface area contributed by atoms with Gasteiger partial charge in [-0.3, -0.25) is 0 Å². The van der Waals surface area contributed by atoms with Crippen LogP contribution in [-0.4, -0.2) is 72.1 Å². The van der Waals surface area contributed by atoms with E-state index in [1.165, 1.54) is 50.1 Å². The maximum absolute atomic E-state index is 10.1. The van der Waals surface area contributed by atoms with E-state index in [1.807, 2.05) is 39.0 Å². The first-order chi connectivity index (χ1) is 33.8. The highest BCUT2D eigenvalue weighted by molar-refractivity contribution is 5.59. The molecule has 0 bridgehead atoms. The third kappa shape index (κ3) is 8.39. The number of aromatic hydroxyl groups is 5. The molecule has 3 aliphatic heterocycles. The number of methoxy groups -OCH3 is 4. The zero-order chi connectivity index (χ0) is 49.1. The Morgan fingerprint density at radius 1 is 0.343 bits per heavy atom. The van der Waals surface area contributed by atoms with E-state index in [-0.39, 0.29) is 29.3 Å². The summed E-state index contributed by atoms with van der Waals surface area (Å²) in [5.74, 6) is 4.81. The van der Waals surface area contributed by atoms with Gasteiger partial charge in [-0.1, -0.05) is 18.2 Å². The van der Waals surface area contributed by atoms with Crippen LogP contribution >= 0.6 is 0 Å². The number of hydrogen-bond acceptors (Lipinski definition) is 12. The lowest BCUT2D eigenvalue weighted by Crippen LogP contribution is -2.42. The van der Waals surface area contributed by atoms with Crippen LogP contribution in [0.15, 0.2) is 72.8 Å². The van der Waals surface area contributed by atoms with E-state index in [0.717, 1.165) is 115 Å². The average Bonchev–Trinajstić information content (AvgIpc) is 3.36. The second-order valence-corrected chi connectivity index (χ2v) is 19.9. The zero-order valence-electron chi connectivity index (χ0n) is 41.1. The third-order valence-corrected chi connectivity index (χ3v) is 16.0. The van der Waals surface area contributed by atoms with Gasteiger partial charge in [0.25, 0.3) is 0 Å². The molecule has 6 aliphatic rings. The summed E-state index contributed by atoms with van der Waals surface area (Å²) in [4.78, 5) is 0. The van der Waals surface area contributed by atoms with Crippen molar-refractivity contribution < 1.29 is 44.5 Å². The van der Waals surface area contributed by atoms with Crippen molar-refractivity contribution >= 4 is 0 Å². The summed E-state index contributed by atoms with van der Waals surface area (Å²) in [5.41, 5.74) is 17.5. The van der Waals surface area contributed by atoms with Crippen LogP contribution in [0.25, 0.3) is 0 Å². The van der Waals surface area contributed by atoms with Crippen molar-refractivity contribution in [2.24, 2.45) is 0 Å². The molecule has 12 nitrogen and oxygen atoms in total. The first-order valence-electron chi connectivity index (χ1n) is 24.5. The van der Waals surface area contributed by atoms with E-state index >= 15 is 0 Å². The number of fused-ring (bicyclic) bond motifs is 15. The van der Waals surface area contributed by atoms with Crippen LogP contribution in [-0.2, 0) is 38.9 Å². The molecule has 0 saturated heterocycles. The molecule has 70 heavy (non-hydrogen) atoms. The van der Waals surface area contributed by atoms with Gasteiger partial charge in [0.05, 0.1) is 28.4 Å². The highest BCUT2D eigenvalue weighted by Crippen LogP contribution is 2.49. The lowest BCUT2D eigenvalue weighted by molar-refractivity contribution is 0.348. The molecular formula is C58H65N3O9. The molecule has 6 aromatic rings. The van der Waals surface area contributed by atoms with Gasteiger partial charge in [0.1, 0.15) is 17.2 Å². The Bertz CT molecular complexity index is 2810. The zero-order valence-corrected chi connectivity index (χ0v) is 41.1. The fraction of sp³-hybridized carbons (Fsp3) is 0.379. The molecule has 0 radical (unpaired) electrons.